The second kappa shape index (κ2) is 8.02. The van der Waals surface area contributed by atoms with Crippen molar-refractivity contribution in [2.75, 3.05) is 32.7 Å². The van der Waals surface area contributed by atoms with Gasteiger partial charge in [-0.3, -0.25) is 4.90 Å². The Bertz CT molecular complexity index is 219. The largest absolute Gasteiger partial charge is 0.314 e. The van der Waals surface area contributed by atoms with Crippen LogP contribution < -0.4 is 5.32 Å². The van der Waals surface area contributed by atoms with Crippen molar-refractivity contribution in [2.45, 2.75) is 0 Å². The fourth-order valence-electron chi connectivity index (χ4n) is 1.28. The average Bonchev–Trinajstić information content (AvgIpc) is 2.34. The van der Waals surface area contributed by atoms with Gasteiger partial charge in [0, 0.05) is 32.7 Å². The molecular weight excluding hydrogens is 190 g/mol. The third kappa shape index (κ3) is 5.87. The van der Waals surface area contributed by atoms with Gasteiger partial charge in [0.2, 0.25) is 0 Å². The van der Waals surface area contributed by atoms with Gasteiger partial charge in [-0.25, -0.2) is 0 Å². The molecule has 0 aromatic carbocycles. The first kappa shape index (κ1) is 11.7. The van der Waals surface area contributed by atoms with Crippen LogP contribution in [0.4, 0.5) is 0 Å². The van der Waals surface area contributed by atoms with Crippen LogP contribution in [0, 0.1) is 0 Å². The molecule has 0 saturated carbocycles. The van der Waals surface area contributed by atoms with Gasteiger partial charge in [0.05, 0.1) is 12.4 Å². The number of rotatable bonds is 2. The van der Waals surface area contributed by atoms with E-state index in [-0.39, 0.29) is 0 Å². The van der Waals surface area contributed by atoms with Crippen molar-refractivity contribution in [2.24, 2.45) is 0 Å². The fraction of sp³-hybridized carbons (Fsp3) is 0.500. The van der Waals surface area contributed by atoms with Gasteiger partial charge in [-0.15, -0.1) is 16.8 Å². The Hall–Kier alpha value is -1.33. The number of piperazine rings is 1. The summed E-state index contributed by atoms with van der Waals surface area (Å²) in [5, 5.41) is 13.4. The van der Waals surface area contributed by atoms with Crippen LogP contribution in [0.3, 0.4) is 0 Å². The van der Waals surface area contributed by atoms with Crippen LogP contribution in [-0.2, 0) is 0 Å². The van der Waals surface area contributed by atoms with E-state index in [0.717, 1.165) is 19.6 Å². The molecule has 0 unspecified atom stereocenters. The summed E-state index contributed by atoms with van der Waals surface area (Å²) in [6, 6.07) is 1.72. The Kier molecular flexibility index (Phi) is 6.28. The molecule has 2 heterocycles. The summed E-state index contributed by atoms with van der Waals surface area (Å²) in [6.45, 7) is 9.35. The Morgan fingerprint density at radius 1 is 1.27 bits per heavy atom. The molecular formula is C10H17N5. The standard InChI is InChI=1S/C7H14N2.C3H3N3/c1-2-5-9-6-3-8-4-7-9;1-2-4-6-5-3-1/h2,8H,1,3-7H2;1-3H. The maximum atomic E-state index is 3.69. The lowest BCUT2D eigenvalue weighted by molar-refractivity contribution is 0.265. The molecule has 2 rings (SSSR count). The highest BCUT2D eigenvalue weighted by atomic mass is 15.3. The number of hydrogen-bond acceptors (Lipinski definition) is 5. The first-order valence-corrected chi connectivity index (χ1v) is 5.06. The van der Waals surface area contributed by atoms with E-state index in [9.17, 15) is 0 Å². The van der Waals surface area contributed by atoms with Crippen LogP contribution in [0.5, 0.6) is 0 Å². The van der Waals surface area contributed by atoms with Crippen LogP contribution in [0.2, 0.25) is 0 Å². The highest BCUT2D eigenvalue weighted by Crippen LogP contribution is 1.89. The quantitative estimate of drug-likeness (QED) is 0.689. The molecule has 0 atom stereocenters. The van der Waals surface area contributed by atoms with E-state index in [4.69, 9.17) is 0 Å². The third-order valence-electron chi connectivity index (χ3n) is 2.01. The predicted molar refractivity (Wildman–Crippen MR) is 59.3 cm³/mol. The van der Waals surface area contributed by atoms with Gasteiger partial charge in [0.25, 0.3) is 0 Å². The zero-order chi connectivity index (χ0) is 10.8. The van der Waals surface area contributed by atoms with Gasteiger partial charge in [-0.2, -0.15) is 0 Å². The van der Waals surface area contributed by atoms with E-state index in [0.29, 0.717) is 0 Å². The first-order chi connectivity index (χ1) is 7.43. The number of aromatic nitrogens is 3. The molecule has 0 radical (unpaired) electrons. The molecule has 0 bridgehead atoms. The maximum Gasteiger partial charge on any atom is 0.0529 e. The minimum absolute atomic E-state index is 1.04. The minimum atomic E-state index is 1.04. The molecule has 0 amide bonds. The van der Waals surface area contributed by atoms with E-state index < -0.39 is 0 Å². The minimum Gasteiger partial charge on any atom is -0.314 e. The van der Waals surface area contributed by atoms with Crippen molar-refractivity contribution in [1.82, 2.24) is 25.6 Å². The van der Waals surface area contributed by atoms with Crippen molar-refractivity contribution < 1.29 is 0 Å². The highest BCUT2D eigenvalue weighted by Gasteiger charge is 2.05. The van der Waals surface area contributed by atoms with Crippen LogP contribution in [0.1, 0.15) is 0 Å². The molecule has 15 heavy (non-hydrogen) atoms. The van der Waals surface area contributed by atoms with Crippen LogP contribution in [-0.4, -0.2) is 53.0 Å². The van der Waals surface area contributed by atoms with Gasteiger partial charge >= 0.3 is 0 Å². The molecule has 0 spiro atoms. The Balaban J connectivity index is 0.000000162. The molecule has 5 nitrogen and oxygen atoms in total. The molecule has 5 heteroatoms. The lowest BCUT2D eigenvalue weighted by Gasteiger charge is -2.25. The molecule has 0 aliphatic carbocycles. The van der Waals surface area contributed by atoms with Crippen molar-refractivity contribution in [1.29, 1.82) is 0 Å². The first-order valence-electron chi connectivity index (χ1n) is 5.06. The van der Waals surface area contributed by atoms with E-state index in [2.05, 4.69) is 32.2 Å². The number of hydrogen-bond donors (Lipinski definition) is 1. The molecule has 1 aromatic rings. The normalized spacial score (nSPS) is 16.3. The summed E-state index contributed by atoms with van der Waals surface area (Å²) >= 11 is 0. The highest BCUT2D eigenvalue weighted by molar-refractivity contribution is 4.76. The smallest absolute Gasteiger partial charge is 0.0529 e. The fourth-order valence-corrected chi connectivity index (χ4v) is 1.28. The van der Waals surface area contributed by atoms with Gasteiger partial charge in [-0.1, -0.05) is 6.08 Å². The SMILES string of the molecule is C=CCN1CCNCC1.c1cnnnc1. The summed E-state index contributed by atoms with van der Waals surface area (Å²) < 4.78 is 0. The summed E-state index contributed by atoms with van der Waals surface area (Å²) in [7, 11) is 0. The average molecular weight is 207 g/mol. The second-order valence-electron chi connectivity index (χ2n) is 3.15. The second-order valence-corrected chi connectivity index (χ2v) is 3.15. The summed E-state index contributed by atoms with van der Waals surface area (Å²) in [5.41, 5.74) is 0. The van der Waals surface area contributed by atoms with Gasteiger partial charge in [-0.05, 0) is 11.3 Å². The number of nitrogens with one attached hydrogen (secondary N) is 1. The number of nitrogens with zero attached hydrogens (tertiary/aromatic N) is 4. The zero-order valence-corrected chi connectivity index (χ0v) is 8.84. The van der Waals surface area contributed by atoms with Gasteiger partial charge in [0.15, 0.2) is 0 Å². The molecule has 1 aliphatic rings. The molecule has 1 saturated heterocycles. The van der Waals surface area contributed by atoms with Crippen molar-refractivity contribution in [3.63, 3.8) is 0 Å². The predicted octanol–water partition coefficient (Wildman–Crippen LogP) is -0.0508. The topological polar surface area (TPSA) is 53.9 Å². The molecule has 82 valence electrons. The van der Waals surface area contributed by atoms with Crippen LogP contribution in [0.25, 0.3) is 0 Å². The summed E-state index contributed by atoms with van der Waals surface area (Å²) in [6.07, 6.45) is 5.12. The zero-order valence-electron chi connectivity index (χ0n) is 8.84. The third-order valence-corrected chi connectivity index (χ3v) is 2.01. The van der Waals surface area contributed by atoms with Gasteiger partial charge in [0.1, 0.15) is 0 Å². The van der Waals surface area contributed by atoms with Crippen molar-refractivity contribution in [3.8, 4) is 0 Å². The van der Waals surface area contributed by atoms with E-state index in [1.807, 2.05) is 6.08 Å². The Labute approximate surface area is 90.2 Å². The lowest BCUT2D eigenvalue weighted by Crippen LogP contribution is -2.43. The lowest BCUT2D eigenvalue weighted by atomic mass is 10.3. The Morgan fingerprint density at radius 3 is 2.33 bits per heavy atom. The Morgan fingerprint density at radius 2 is 1.93 bits per heavy atom. The van der Waals surface area contributed by atoms with E-state index in [1.165, 1.54) is 13.1 Å². The van der Waals surface area contributed by atoms with Crippen LogP contribution in [0.15, 0.2) is 31.1 Å². The molecule has 1 N–H and O–H groups in total. The van der Waals surface area contributed by atoms with Crippen molar-refractivity contribution >= 4 is 0 Å². The summed E-state index contributed by atoms with van der Waals surface area (Å²) in [4.78, 5) is 2.39. The molecule has 1 fully saturated rings. The molecule has 1 aromatic heterocycles. The van der Waals surface area contributed by atoms with E-state index >= 15 is 0 Å². The summed E-state index contributed by atoms with van der Waals surface area (Å²) in [5.74, 6) is 0. The monoisotopic (exact) mass is 207 g/mol. The van der Waals surface area contributed by atoms with Gasteiger partial charge < -0.3 is 5.32 Å². The van der Waals surface area contributed by atoms with E-state index in [1.54, 1.807) is 18.5 Å². The maximum absolute atomic E-state index is 3.69. The van der Waals surface area contributed by atoms with Crippen molar-refractivity contribution in [3.05, 3.63) is 31.1 Å². The van der Waals surface area contributed by atoms with Crippen LogP contribution >= 0.6 is 0 Å². The molecule has 1 aliphatic heterocycles.